The molecule has 2 aromatic rings. The fraction of sp³-hybridized carbons (Fsp3) is 0.375. The number of urea groups is 1. The first-order chi connectivity index (χ1) is 14.9. The highest BCUT2D eigenvalue weighted by molar-refractivity contribution is 6.22. The second kappa shape index (κ2) is 8.88. The molecule has 0 radical (unpaired) electrons. The van der Waals surface area contributed by atoms with Crippen molar-refractivity contribution in [3.63, 3.8) is 0 Å². The Morgan fingerprint density at radius 3 is 2.52 bits per heavy atom. The van der Waals surface area contributed by atoms with Gasteiger partial charge in [0, 0.05) is 11.7 Å². The first kappa shape index (κ1) is 21.0. The van der Waals surface area contributed by atoms with E-state index in [0.29, 0.717) is 11.4 Å². The van der Waals surface area contributed by atoms with Gasteiger partial charge in [-0.15, -0.1) is 0 Å². The number of amides is 4. The molecule has 2 aliphatic rings. The summed E-state index contributed by atoms with van der Waals surface area (Å²) in [4.78, 5) is 42.2. The molecule has 1 saturated carbocycles. The minimum Gasteiger partial charge on any atom is -0.326 e. The Morgan fingerprint density at radius 1 is 1.06 bits per heavy atom. The molecule has 1 N–H and O–H groups in total. The summed E-state index contributed by atoms with van der Waals surface area (Å²) in [6.45, 7) is 1.90. The van der Waals surface area contributed by atoms with Gasteiger partial charge in [-0.05, 0) is 55.7 Å². The van der Waals surface area contributed by atoms with Gasteiger partial charge in [0.15, 0.2) is 0 Å². The summed E-state index contributed by atoms with van der Waals surface area (Å²) in [5.41, 5.74) is 1.78. The van der Waals surface area contributed by atoms with E-state index >= 15 is 0 Å². The van der Waals surface area contributed by atoms with E-state index in [-0.39, 0.29) is 18.5 Å². The Balaban J connectivity index is 1.60. The number of rotatable bonds is 5. The molecule has 1 atom stereocenters. The van der Waals surface area contributed by atoms with Crippen LogP contribution in [0.2, 0.25) is 0 Å². The Bertz CT molecular complexity index is 1000. The van der Waals surface area contributed by atoms with Gasteiger partial charge in [-0.25, -0.2) is 14.1 Å². The monoisotopic (exact) mass is 423 g/mol. The molecule has 0 bridgehead atoms. The lowest BCUT2D eigenvalue weighted by Gasteiger charge is -2.33. The Labute approximate surface area is 181 Å². The van der Waals surface area contributed by atoms with E-state index in [2.05, 4.69) is 5.32 Å². The molecule has 4 amide bonds. The van der Waals surface area contributed by atoms with Gasteiger partial charge < -0.3 is 10.2 Å². The summed E-state index contributed by atoms with van der Waals surface area (Å²) in [6.07, 6.45) is 4.58. The Kier molecular flexibility index (Phi) is 6.02. The predicted molar refractivity (Wildman–Crippen MR) is 116 cm³/mol. The molecule has 7 heteroatoms. The third-order valence-corrected chi connectivity index (χ3v) is 5.97. The number of nitrogens with one attached hydrogen (secondary N) is 1. The summed E-state index contributed by atoms with van der Waals surface area (Å²) in [5.74, 6) is -1.28. The van der Waals surface area contributed by atoms with Crippen molar-refractivity contribution in [2.75, 3.05) is 10.2 Å². The van der Waals surface area contributed by atoms with E-state index in [4.69, 9.17) is 0 Å². The lowest BCUT2D eigenvalue weighted by molar-refractivity contribution is -0.125. The molecule has 31 heavy (non-hydrogen) atoms. The summed E-state index contributed by atoms with van der Waals surface area (Å²) in [6, 6.07) is 11.5. The molecule has 0 spiro atoms. The van der Waals surface area contributed by atoms with Crippen LogP contribution in [0.1, 0.15) is 44.1 Å². The van der Waals surface area contributed by atoms with Gasteiger partial charge in [0.2, 0.25) is 5.91 Å². The average Bonchev–Trinajstić information content (AvgIpc) is 2.98. The minimum atomic E-state index is -0.871. The van der Waals surface area contributed by atoms with Crippen LogP contribution in [0, 0.1) is 12.7 Å². The van der Waals surface area contributed by atoms with Gasteiger partial charge in [-0.2, -0.15) is 0 Å². The number of aryl methyl sites for hydroxylation is 1. The van der Waals surface area contributed by atoms with Gasteiger partial charge in [-0.3, -0.25) is 9.59 Å². The molecule has 1 aliphatic heterocycles. The molecule has 2 fully saturated rings. The third-order valence-electron chi connectivity index (χ3n) is 5.97. The van der Waals surface area contributed by atoms with E-state index in [9.17, 15) is 18.8 Å². The van der Waals surface area contributed by atoms with E-state index in [0.717, 1.165) is 37.7 Å². The number of halogens is 1. The van der Waals surface area contributed by atoms with Crippen LogP contribution in [-0.2, 0) is 9.59 Å². The van der Waals surface area contributed by atoms with Crippen molar-refractivity contribution >= 4 is 29.2 Å². The summed E-state index contributed by atoms with van der Waals surface area (Å²) >= 11 is 0. The van der Waals surface area contributed by atoms with Crippen molar-refractivity contribution in [2.45, 2.75) is 57.5 Å². The summed E-state index contributed by atoms with van der Waals surface area (Å²) in [7, 11) is 0. The number of nitrogens with zero attached hydrogens (tertiary/aromatic N) is 2. The minimum absolute atomic E-state index is 0.0630. The molecule has 2 aromatic carbocycles. The average molecular weight is 423 g/mol. The molecule has 162 valence electrons. The first-order valence-corrected chi connectivity index (χ1v) is 10.7. The van der Waals surface area contributed by atoms with Crippen LogP contribution in [0.25, 0.3) is 0 Å². The molecular weight excluding hydrogens is 397 g/mol. The molecular formula is C24H26FN3O3. The van der Waals surface area contributed by atoms with Crippen molar-refractivity contribution in [3.05, 3.63) is 59.9 Å². The second-order valence-electron chi connectivity index (χ2n) is 8.27. The highest BCUT2D eigenvalue weighted by atomic mass is 19.1. The molecule has 1 heterocycles. The van der Waals surface area contributed by atoms with Crippen LogP contribution < -0.4 is 10.2 Å². The number of anilines is 2. The molecule has 4 rings (SSSR count). The zero-order chi connectivity index (χ0) is 22.0. The van der Waals surface area contributed by atoms with Crippen LogP contribution >= 0.6 is 0 Å². The fourth-order valence-corrected chi connectivity index (χ4v) is 4.53. The van der Waals surface area contributed by atoms with Gasteiger partial charge >= 0.3 is 6.03 Å². The topological polar surface area (TPSA) is 69.7 Å². The summed E-state index contributed by atoms with van der Waals surface area (Å²) in [5, 5.41) is 2.64. The van der Waals surface area contributed by atoms with Crippen molar-refractivity contribution in [1.29, 1.82) is 0 Å². The summed E-state index contributed by atoms with van der Waals surface area (Å²) < 4.78 is 13.4. The van der Waals surface area contributed by atoms with Gasteiger partial charge in [-0.1, -0.05) is 37.5 Å². The van der Waals surface area contributed by atoms with Crippen molar-refractivity contribution in [2.24, 2.45) is 0 Å². The number of imide groups is 1. The van der Waals surface area contributed by atoms with Gasteiger partial charge in [0.05, 0.1) is 12.1 Å². The number of carbonyl (C=O) groups is 3. The van der Waals surface area contributed by atoms with Crippen LogP contribution in [0.3, 0.4) is 0 Å². The highest BCUT2D eigenvalue weighted by Crippen LogP contribution is 2.33. The fourth-order valence-electron chi connectivity index (χ4n) is 4.53. The van der Waals surface area contributed by atoms with Crippen molar-refractivity contribution in [1.82, 2.24) is 4.90 Å². The maximum atomic E-state index is 13.4. The highest BCUT2D eigenvalue weighted by Gasteiger charge is 2.49. The smallest absolute Gasteiger partial charge is 0.326 e. The van der Waals surface area contributed by atoms with Crippen molar-refractivity contribution < 1.29 is 18.8 Å². The molecule has 6 nitrogen and oxygen atoms in total. The standard InChI is InChI=1S/C24H26FN3O3/c1-16-7-5-12-20(13-16)28-23(30)21(27(24(28)31)19-10-3-2-4-11-19)15-22(29)26-18-9-6-8-17(25)14-18/h5-9,12-14,19,21H,2-4,10-11,15H2,1H3,(H,26,29)/t21-/m1/s1. The van der Waals surface area contributed by atoms with Gasteiger partial charge in [0.1, 0.15) is 11.9 Å². The number of carbonyl (C=O) groups excluding carboxylic acids is 3. The van der Waals surface area contributed by atoms with Crippen LogP contribution in [0.15, 0.2) is 48.5 Å². The first-order valence-electron chi connectivity index (χ1n) is 10.7. The quantitative estimate of drug-likeness (QED) is 0.713. The normalized spacial score (nSPS) is 19.7. The second-order valence-corrected chi connectivity index (χ2v) is 8.27. The van der Waals surface area contributed by atoms with Crippen LogP contribution in [0.4, 0.5) is 20.6 Å². The lowest BCUT2D eigenvalue weighted by Crippen LogP contribution is -2.45. The molecule has 0 unspecified atom stereocenters. The molecule has 1 aliphatic carbocycles. The zero-order valence-electron chi connectivity index (χ0n) is 17.5. The van der Waals surface area contributed by atoms with Crippen LogP contribution in [0.5, 0.6) is 0 Å². The lowest BCUT2D eigenvalue weighted by atomic mass is 9.93. The molecule has 0 aromatic heterocycles. The maximum Gasteiger partial charge on any atom is 0.332 e. The van der Waals surface area contributed by atoms with E-state index in [1.54, 1.807) is 29.2 Å². The van der Waals surface area contributed by atoms with Gasteiger partial charge in [0.25, 0.3) is 5.91 Å². The zero-order valence-corrected chi connectivity index (χ0v) is 17.5. The number of hydrogen-bond donors (Lipinski definition) is 1. The SMILES string of the molecule is Cc1cccc(N2C(=O)[C@@H](CC(=O)Nc3cccc(F)c3)N(C3CCCCC3)C2=O)c1. The Morgan fingerprint density at radius 2 is 1.81 bits per heavy atom. The van der Waals surface area contributed by atoms with Crippen LogP contribution in [-0.4, -0.2) is 34.8 Å². The largest absolute Gasteiger partial charge is 0.332 e. The van der Waals surface area contributed by atoms with E-state index in [1.807, 2.05) is 13.0 Å². The van der Waals surface area contributed by atoms with E-state index in [1.165, 1.54) is 23.1 Å². The Hall–Kier alpha value is -3.22. The maximum absolute atomic E-state index is 13.4. The number of benzene rings is 2. The molecule has 1 saturated heterocycles. The van der Waals surface area contributed by atoms with E-state index < -0.39 is 23.7 Å². The predicted octanol–water partition coefficient (Wildman–Crippen LogP) is 4.63. The number of hydrogen-bond acceptors (Lipinski definition) is 3. The van der Waals surface area contributed by atoms with Crippen molar-refractivity contribution in [3.8, 4) is 0 Å². The third kappa shape index (κ3) is 4.45.